The highest BCUT2D eigenvalue weighted by molar-refractivity contribution is 5.92. The highest BCUT2D eigenvalue weighted by Crippen LogP contribution is 2.15. The summed E-state index contributed by atoms with van der Waals surface area (Å²) in [4.78, 5) is 18.2. The van der Waals surface area contributed by atoms with Gasteiger partial charge in [0, 0.05) is 32.6 Å². The molecule has 2 heterocycles. The Kier molecular flexibility index (Phi) is 2.96. The summed E-state index contributed by atoms with van der Waals surface area (Å²) < 4.78 is 5.35. The molecule has 16 heavy (non-hydrogen) atoms. The zero-order valence-electron chi connectivity index (χ0n) is 9.91. The molecule has 1 saturated heterocycles. The standard InChI is InChI=1S/C11H17N3O2/c1-7-6-12-4-5-14(7)11(15)10-8(2)13-9(3)16-10/h7,12H,4-6H2,1-3H3/t7-/m1/s1. The highest BCUT2D eigenvalue weighted by atomic mass is 16.4. The van der Waals surface area contributed by atoms with Gasteiger partial charge in [-0.2, -0.15) is 0 Å². The monoisotopic (exact) mass is 223 g/mol. The van der Waals surface area contributed by atoms with Crippen molar-refractivity contribution < 1.29 is 9.21 Å². The van der Waals surface area contributed by atoms with Gasteiger partial charge in [-0.3, -0.25) is 4.79 Å². The number of piperazine rings is 1. The van der Waals surface area contributed by atoms with Crippen molar-refractivity contribution >= 4 is 5.91 Å². The zero-order chi connectivity index (χ0) is 11.7. The number of carbonyl (C=O) groups is 1. The van der Waals surface area contributed by atoms with Crippen molar-refractivity contribution in [1.82, 2.24) is 15.2 Å². The molecule has 0 radical (unpaired) electrons. The number of amides is 1. The van der Waals surface area contributed by atoms with E-state index in [9.17, 15) is 4.79 Å². The first-order chi connectivity index (χ1) is 7.59. The van der Waals surface area contributed by atoms with Gasteiger partial charge in [-0.25, -0.2) is 4.98 Å². The van der Waals surface area contributed by atoms with Crippen molar-refractivity contribution in [3.05, 3.63) is 17.3 Å². The van der Waals surface area contributed by atoms with Crippen LogP contribution in [-0.4, -0.2) is 41.5 Å². The molecule has 2 rings (SSSR count). The first-order valence-electron chi connectivity index (χ1n) is 5.55. The summed E-state index contributed by atoms with van der Waals surface area (Å²) in [5.41, 5.74) is 0.674. The number of aryl methyl sites for hydroxylation is 2. The zero-order valence-corrected chi connectivity index (χ0v) is 9.91. The maximum absolute atomic E-state index is 12.2. The topological polar surface area (TPSA) is 58.4 Å². The summed E-state index contributed by atoms with van der Waals surface area (Å²) in [6, 6.07) is 0.200. The SMILES string of the molecule is Cc1nc(C)c(C(=O)N2CCNC[C@H]2C)o1. The lowest BCUT2D eigenvalue weighted by atomic mass is 10.2. The molecule has 1 aromatic heterocycles. The van der Waals surface area contributed by atoms with Crippen LogP contribution in [0.2, 0.25) is 0 Å². The number of nitrogens with one attached hydrogen (secondary N) is 1. The number of rotatable bonds is 1. The fraction of sp³-hybridized carbons (Fsp3) is 0.636. The molecule has 0 bridgehead atoms. The van der Waals surface area contributed by atoms with Gasteiger partial charge in [-0.05, 0) is 13.8 Å². The van der Waals surface area contributed by atoms with Crippen LogP contribution in [0.4, 0.5) is 0 Å². The molecule has 1 fully saturated rings. The van der Waals surface area contributed by atoms with E-state index in [-0.39, 0.29) is 11.9 Å². The van der Waals surface area contributed by atoms with Crippen molar-refractivity contribution in [2.24, 2.45) is 0 Å². The van der Waals surface area contributed by atoms with Crippen molar-refractivity contribution in [3.63, 3.8) is 0 Å². The average molecular weight is 223 g/mol. The Morgan fingerprint density at radius 3 is 2.88 bits per heavy atom. The number of oxazole rings is 1. The largest absolute Gasteiger partial charge is 0.436 e. The van der Waals surface area contributed by atoms with E-state index in [0.29, 0.717) is 17.3 Å². The van der Waals surface area contributed by atoms with Crippen molar-refractivity contribution in [1.29, 1.82) is 0 Å². The quantitative estimate of drug-likeness (QED) is 0.762. The highest BCUT2D eigenvalue weighted by Gasteiger charge is 2.27. The van der Waals surface area contributed by atoms with Gasteiger partial charge in [0.25, 0.3) is 5.91 Å². The minimum atomic E-state index is -0.0490. The molecule has 5 nitrogen and oxygen atoms in total. The second-order valence-corrected chi connectivity index (χ2v) is 4.20. The van der Waals surface area contributed by atoms with Crippen LogP contribution in [0.3, 0.4) is 0 Å². The third-order valence-electron chi connectivity index (χ3n) is 2.86. The van der Waals surface area contributed by atoms with Gasteiger partial charge in [0.2, 0.25) is 5.76 Å². The molecular formula is C11H17N3O2. The summed E-state index contributed by atoms with van der Waals surface area (Å²) in [7, 11) is 0. The summed E-state index contributed by atoms with van der Waals surface area (Å²) in [5.74, 6) is 0.877. The van der Waals surface area contributed by atoms with Crippen LogP contribution in [0.5, 0.6) is 0 Å². The maximum Gasteiger partial charge on any atom is 0.291 e. The van der Waals surface area contributed by atoms with Gasteiger partial charge in [0.15, 0.2) is 5.89 Å². The van der Waals surface area contributed by atoms with Gasteiger partial charge in [0.05, 0.1) is 5.69 Å². The van der Waals surface area contributed by atoms with Gasteiger partial charge in [-0.15, -0.1) is 0 Å². The normalized spacial score (nSPS) is 21.2. The lowest BCUT2D eigenvalue weighted by molar-refractivity contribution is 0.0620. The van der Waals surface area contributed by atoms with E-state index in [0.717, 1.165) is 19.6 Å². The predicted molar refractivity (Wildman–Crippen MR) is 59.3 cm³/mol. The fourth-order valence-electron chi connectivity index (χ4n) is 2.00. The number of aromatic nitrogens is 1. The van der Waals surface area contributed by atoms with Gasteiger partial charge in [0.1, 0.15) is 0 Å². The molecule has 1 aromatic rings. The molecular weight excluding hydrogens is 206 g/mol. The Labute approximate surface area is 94.8 Å². The molecule has 1 N–H and O–H groups in total. The molecule has 0 saturated carbocycles. The number of hydrogen-bond donors (Lipinski definition) is 1. The second-order valence-electron chi connectivity index (χ2n) is 4.20. The molecule has 0 unspecified atom stereocenters. The Bertz CT molecular complexity index is 400. The Morgan fingerprint density at radius 2 is 2.31 bits per heavy atom. The van der Waals surface area contributed by atoms with Gasteiger partial charge < -0.3 is 14.6 Å². The molecule has 1 aliphatic rings. The number of nitrogens with zero attached hydrogens (tertiary/aromatic N) is 2. The smallest absolute Gasteiger partial charge is 0.291 e. The Hall–Kier alpha value is -1.36. The van der Waals surface area contributed by atoms with Crippen LogP contribution in [0.15, 0.2) is 4.42 Å². The summed E-state index contributed by atoms with van der Waals surface area (Å²) in [5, 5.41) is 3.25. The molecule has 88 valence electrons. The third kappa shape index (κ3) is 1.95. The predicted octanol–water partition coefficient (Wildman–Crippen LogP) is 0.725. The van der Waals surface area contributed by atoms with Crippen molar-refractivity contribution in [3.8, 4) is 0 Å². The van der Waals surface area contributed by atoms with E-state index in [1.165, 1.54) is 0 Å². The number of carbonyl (C=O) groups excluding carboxylic acids is 1. The van der Waals surface area contributed by atoms with Crippen LogP contribution in [0.25, 0.3) is 0 Å². The van der Waals surface area contributed by atoms with Crippen LogP contribution in [-0.2, 0) is 0 Å². The lowest BCUT2D eigenvalue weighted by Gasteiger charge is -2.33. The summed E-state index contributed by atoms with van der Waals surface area (Å²) in [6.07, 6.45) is 0. The Balaban J connectivity index is 2.21. The van der Waals surface area contributed by atoms with Crippen LogP contribution >= 0.6 is 0 Å². The number of hydrogen-bond acceptors (Lipinski definition) is 4. The fourth-order valence-corrected chi connectivity index (χ4v) is 2.00. The lowest BCUT2D eigenvalue weighted by Crippen LogP contribution is -2.52. The first-order valence-corrected chi connectivity index (χ1v) is 5.55. The van der Waals surface area contributed by atoms with E-state index >= 15 is 0 Å². The minimum absolute atomic E-state index is 0.0490. The molecule has 1 amide bonds. The van der Waals surface area contributed by atoms with E-state index in [2.05, 4.69) is 10.3 Å². The molecule has 1 atom stereocenters. The average Bonchev–Trinajstić information content (AvgIpc) is 2.58. The van der Waals surface area contributed by atoms with Crippen LogP contribution in [0.1, 0.15) is 29.1 Å². The van der Waals surface area contributed by atoms with E-state index in [4.69, 9.17) is 4.42 Å². The van der Waals surface area contributed by atoms with Gasteiger partial charge in [-0.1, -0.05) is 0 Å². The Morgan fingerprint density at radius 1 is 1.56 bits per heavy atom. The van der Waals surface area contributed by atoms with E-state index < -0.39 is 0 Å². The second kappa shape index (κ2) is 4.25. The first kappa shape index (κ1) is 11.1. The molecule has 5 heteroatoms. The van der Waals surface area contributed by atoms with Crippen LogP contribution < -0.4 is 5.32 Å². The third-order valence-corrected chi connectivity index (χ3v) is 2.86. The van der Waals surface area contributed by atoms with Crippen LogP contribution in [0, 0.1) is 13.8 Å². The molecule has 1 aliphatic heterocycles. The summed E-state index contributed by atoms with van der Waals surface area (Å²) in [6.45, 7) is 7.98. The minimum Gasteiger partial charge on any atom is -0.436 e. The molecule has 0 spiro atoms. The summed E-state index contributed by atoms with van der Waals surface area (Å²) >= 11 is 0. The van der Waals surface area contributed by atoms with E-state index in [1.54, 1.807) is 13.8 Å². The molecule has 0 aliphatic carbocycles. The van der Waals surface area contributed by atoms with Crippen molar-refractivity contribution in [2.45, 2.75) is 26.8 Å². The van der Waals surface area contributed by atoms with E-state index in [1.807, 2.05) is 11.8 Å². The molecule has 0 aromatic carbocycles. The maximum atomic E-state index is 12.2. The van der Waals surface area contributed by atoms with Gasteiger partial charge >= 0.3 is 0 Å². The van der Waals surface area contributed by atoms with Crippen molar-refractivity contribution in [2.75, 3.05) is 19.6 Å².